The molecule has 2 fully saturated rings. The minimum absolute atomic E-state index is 0.276. The van der Waals surface area contributed by atoms with Gasteiger partial charge >= 0.3 is 0 Å². The van der Waals surface area contributed by atoms with Crippen LogP contribution in [0.3, 0.4) is 0 Å². The van der Waals surface area contributed by atoms with E-state index in [0.717, 1.165) is 51.2 Å². The lowest BCUT2D eigenvalue weighted by molar-refractivity contribution is -0.122. The standard InChI is InChI=1S/C20H30N2O/c23-20(11-10-17-6-4-5-7-17)21-19-12-14-22(15-13-19)16-18-8-2-1-3-9-18/h1-3,8-9,17,19H,4-7,10-16H2,(H,21,23). The molecule has 1 aliphatic carbocycles. The molecular formula is C20H30N2O. The van der Waals surface area contributed by atoms with Gasteiger partial charge in [0.2, 0.25) is 5.91 Å². The third-order valence-electron chi connectivity index (χ3n) is 5.46. The lowest BCUT2D eigenvalue weighted by Crippen LogP contribution is -2.44. The molecule has 0 spiro atoms. The Hall–Kier alpha value is -1.35. The lowest BCUT2D eigenvalue weighted by Gasteiger charge is -2.32. The van der Waals surface area contributed by atoms with E-state index in [1.807, 2.05) is 0 Å². The van der Waals surface area contributed by atoms with Gasteiger partial charge in [0.1, 0.15) is 0 Å². The molecule has 1 aromatic carbocycles. The topological polar surface area (TPSA) is 32.3 Å². The summed E-state index contributed by atoms with van der Waals surface area (Å²) in [5.41, 5.74) is 1.38. The quantitative estimate of drug-likeness (QED) is 0.867. The molecule has 1 aliphatic heterocycles. The van der Waals surface area contributed by atoms with Crippen molar-refractivity contribution in [2.45, 2.75) is 64.0 Å². The Bertz CT molecular complexity index is 474. The number of nitrogens with one attached hydrogen (secondary N) is 1. The summed E-state index contributed by atoms with van der Waals surface area (Å²) in [6.45, 7) is 3.20. The Kier molecular flexibility index (Phi) is 6.09. The van der Waals surface area contributed by atoms with E-state index < -0.39 is 0 Å². The first-order valence-corrected chi connectivity index (χ1v) is 9.35. The smallest absolute Gasteiger partial charge is 0.220 e. The maximum absolute atomic E-state index is 12.1. The fourth-order valence-corrected chi connectivity index (χ4v) is 4.01. The average molecular weight is 314 g/mol. The fraction of sp³-hybridized carbons (Fsp3) is 0.650. The van der Waals surface area contributed by atoms with E-state index in [-0.39, 0.29) is 5.91 Å². The Morgan fingerprint density at radius 1 is 1.04 bits per heavy atom. The highest BCUT2D eigenvalue weighted by Gasteiger charge is 2.21. The van der Waals surface area contributed by atoms with Crippen molar-refractivity contribution < 1.29 is 4.79 Å². The largest absolute Gasteiger partial charge is 0.353 e. The van der Waals surface area contributed by atoms with Crippen LogP contribution in [0.25, 0.3) is 0 Å². The summed E-state index contributed by atoms with van der Waals surface area (Å²) in [5.74, 6) is 1.09. The zero-order valence-corrected chi connectivity index (χ0v) is 14.2. The van der Waals surface area contributed by atoms with Gasteiger partial charge in [0.25, 0.3) is 0 Å². The number of carbonyl (C=O) groups excluding carboxylic acids is 1. The highest BCUT2D eigenvalue weighted by atomic mass is 16.1. The van der Waals surface area contributed by atoms with Crippen LogP contribution in [-0.2, 0) is 11.3 Å². The van der Waals surface area contributed by atoms with Crippen LogP contribution in [0, 0.1) is 5.92 Å². The van der Waals surface area contributed by atoms with E-state index in [2.05, 4.69) is 40.5 Å². The van der Waals surface area contributed by atoms with Crippen molar-refractivity contribution in [1.29, 1.82) is 0 Å². The van der Waals surface area contributed by atoms with E-state index in [9.17, 15) is 4.79 Å². The molecule has 3 rings (SSSR count). The van der Waals surface area contributed by atoms with E-state index in [0.29, 0.717) is 6.04 Å². The number of likely N-dealkylation sites (tertiary alicyclic amines) is 1. The van der Waals surface area contributed by atoms with Crippen LogP contribution >= 0.6 is 0 Å². The normalized spacial score (nSPS) is 20.7. The molecule has 0 atom stereocenters. The van der Waals surface area contributed by atoms with Crippen LogP contribution in [0.1, 0.15) is 56.9 Å². The third-order valence-corrected chi connectivity index (χ3v) is 5.46. The molecule has 3 nitrogen and oxygen atoms in total. The van der Waals surface area contributed by atoms with Crippen LogP contribution in [0.2, 0.25) is 0 Å². The van der Waals surface area contributed by atoms with Crippen molar-refractivity contribution in [3.05, 3.63) is 35.9 Å². The van der Waals surface area contributed by atoms with Gasteiger partial charge in [0.05, 0.1) is 0 Å². The second-order valence-electron chi connectivity index (χ2n) is 7.29. The Labute approximate surface area is 140 Å². The molecule has 0 bridgehead atoms. The SMILES string of the molecule is O=C(CCC1CCCC1)NC1CCN(Cc2ccccc2)CC1. The molecule has 2 aliphatic rings. The average Bonchev–Trinajstić information content (AvgIpc) is 3.09. The minimum atomic E-state index is 0.276. The number of piperidine rings is 1. The van der Waals surface area contributed by atoms with Gasteiger partial charge in [0.15, 0.2) is 0 Å². The Morgan fingerprint density at radius 3 is 2.43 bits per heavy atom. The van der Waals surface area contributed by atoms with Crippen LogP contribution in [0.5, 0.6) is 0 Å². The van der Waals surface area contributed by atoms with Gasteiger partial charge in [-0.1, -0.05) is 56.0 Å². The Morgan fingerprint density at radius 2 is 1.74 bits per heavy atom. The van der Waals surface area contributed by atoms with Crippen molar-refractivity contribution in [2.75, 3.05) is 13.1 Å². The summed E-state index contributed by atoms with van der Waals surface area (Å²) < 4.78 is 0. The van der Waals surface area contributed by atoms with Crippen molar-refractivity contribution in [3.63, 3.8) is 0 Å². The first-order valence-electron chi connectivity index (χ1n) is 9.35. The zero-order chi connectivity index (χ0) is 15.9. The predicted molar refractivity (Wildman–Crippen MR) is 94.1 cm³/mol. The van der Waals surface area contributed by atoms with Gasteiger partial charge in [-0.05, 0) is 30.7 Å². The van der Waals surface area contributed by atoms with Crippen molar-refractivity contribution in [2.24, 2.45) is 5.92 Å². The second kappa shape index (κ2) is 8.49. The number of hydrogen-bond acceptors (Lipinski definition) is 2. The molecule has 126 valence electrons. The number of carbonyl (C=O) groups is 1. The molecule has 1 saturated heterocycles. The molecular weight excluding hydrogens is 284 g/mol. The van der Waals surface area contributed by atoms with Gasteiger partial charge in [-0.25, -0.2) is 0 Å². The molecule has 1 heterocycles. The van der Waals surface area contributed by atoms with Crippen molar-refractivity contribution >= 4 is 5.91 Å². The van der Waals surface area contributed by atoms with E-state index >= 15 is 0 Å². The minimum Gasteiger partial charge on any atom is -0.353 e. The first-order chi connectivity index (χ1) is 11.3. The van der Waals surface area contributed by atoms with Crippen LogP contribution in [0.4, 0.5) is 0 Å². The summed E-state index contributed by atoms with van der Waals surface area (Å²) in [6, 6.07) is 11.0. The van der Waals surface area contributed by atoms with E-state index in [1.165, 1.54) is 31.2 Å². The summed E-state index contributed by atoms with van der Waals surface area (Å²) in [7, 11) is 0. The van der Waals surface area contributed by atoms with E-state index in [4.69, 9.17) is 0 Å². The maximum Gasteiger partial charge on any atom is 0.220 e. The number of hydrogen-bond donors (Lipinski definition) is 1. The predicted octanol–water partition coefficient (Wildman–Crippen LogP) is 3.74. The summed E-state index contributed by atoms with van der Waals surface area (Å²) in [5, 5.41) is 3.26. The maximum atomic E-state index is 12.1. The summed E-state index contributed by atoms with van der Waals surface area (Å²) in [6.07, 6.45) is 9.41. The molecule has 1 aromatic rings. The van der Waals surface area contributed by atoms with Gasteiger partial charge in [-0.3, -0.25) is 9.69 Å². The number of nitrogens with zero attached hydrogens (tertiary/aromatic N) is 1. The molecule has 1 N–H and O–H groups in total. The molecule has 23 heavy (non-hydrogen) atoms. The number of amides is 1. The third kappa shape index (κ3) is 5.35. The van der Waals surface area contributed by atoms with Crippen LogP contribution in [-0.4, -0.2) is 29.9 Å². The van der Waals surface area contributed by atoms with Gasteiger partial charge in [0, 0.05) is 32.1 Å². The van der Waals surface area contributed by atoms with Crippen LogP contribution < -0.4 is 5.32 Å². The van der Waals surface area contributed by atoms with Crippen LogP contribution in [0.15, 0.2) is 30.3 Å². The second-order valence-corrected chi connectivity index (χ2v) is 7.29. The molecule has 0 aromatic heterocycles. The molecule has 3 heteroatoms. The lowest BCUT2D eigenvalue weighted by atomic mass is 10.0. The number of benzene rings is 1. The summed E-state index contributed by atoms with van der Waals surface area (Å²) >= 11 is 0. The van der Waals surface area contributed by atoms with Crippen molar-refractivity contribution in [3.8, 4) is 0 Å². The Balaban J connectivity index is 1.33. The fourth-order valence-electron chi connectivity index (χ4n) is 4.01. The highest BCUT2D eigenvalue weighted by molar-refractivity contribution is 5.76. The van der Waals surface area contributed by atoms with Gasteiger partial charge < -0.3 is 5.32 Å². The molecule has 1 amide bonds. The monoisotopic (exact) mass is 314 g/mol. The molecule has 0 radical (unpaired) electrons. The summed E-state index contributed by atoms with van der Waals surface area (Å²) in [4.78, 5) is 14.6. The van der Waals surface area contributed by atoms with Gasteiger partial charge in [-0.15, -0.1) is 0 Å². The zero-order valence-electron chi connectivity index (χ0n) is 14.2. The van der Waals surface area contributed by atoms with Gasteiger partial charge in [-0.2, -0.15) is 0 Å². The highest BCUT2D eigenvalue weighted by Crippen LogP contribution is 2.28. The first kappa shape index (κ1) is 16.5. The van der Waals surface area contributed by atoms with Crippen molar-refractivity contribution in [1.82, 2.24) is 10.2 Å². The molecule has 1 saturated carbocycles. The number of rotatable bonds is 6. The molecule has 0 unspecified atom stereocenters. The van der Waals surface area contributed by atoms with E-state index in [1.54, 1.807) is 0 Å².